The van der Waals surface area contributed by atoms with E-state index in [-0.39, 0.29) is 5.92 Å². The van der Waals surface area contributed by atoms with Crippen LogP contribution in [0.1, 0.15) is 26.7 Å². The molecule has 0 aliphatic carbocycles. The van der Waals surface area contributed by atoms with Crippen LogP contribution in [0, 0.1) is 11.8 Å². The molecule has 3 atom stereocenters. The number of hydrogen-bond donors (Lipinski definition) is 1. The maximum atomic E-state index is 12.1. The Hall–Kier alpha value is -0.570. The quantitative estimate of drug-likeness (QED) is 0.674. The number of hydrogen-bond acceptors (Lipinski definition) is 2. The lowest BCUT2D eigenvalue weighted by Crippen LogP contribution is -2.39. The van der Waals surface area contributed by atoms with E-state index in [1.54, 1.807) is 0 Å². The standard InChI is InChI=1S/C11H20N2O/c1-8-5-9(2)13(7-8)11(14)10-3-4-12-6-10/h8-10,12H,3-7H2,1-2H3/t8?,9?,10-/m1/s1. The van der Waals surface area contributed by atoms with Crippen LogP contribution in [0.3, 0.4) is 0 Å². The molecule has 0 aromatic rings. The molecule has 2 rings (SSSR count). The first-order chi connectivity index (χ1) is 6.68. The molecule has 0 aromatic heterocycles. The number of rotatable bonds is 1. The van der Waals surface area contributed by atoms with Crippen LogP contribution in [-0.2, 0) is 4.79 Å². The van der Waals surface area contributed by atoms with Crippen LogP contribution in [0.4, 0.5) is 0 Å². The van der Waals surface area contributed by atoms with Crippen LogP contribution in [0.15, 0.2) is 0 Å². The van der Waals surface area contributed by atoms with Crippen LogP contribution < -0.4 is 5.32 Å². The van der Waals surface area contributed by atoms with Crippen molar-refractivity contribution >= 4 is 5.91 Å². The van der Waals surface area contributed by atoms with Gasteiger partial charge < -0.3 is 10.2 Å². The van der Waals surface area contributed by atoms with Crippen molar-refractivity contribution in [3.05, 3.63) is 0 Å². The highest BCUT2D eigenvalue weighted by molar-refractivity contribution is 5.80. The number of amides is 1. The summed E-state index contributed by atoms with van der Waals surface area (Å²) in [6.07, 6.45) is 2.20. The van der Waals surface area contributed by atoms with Gasteiger partial charge in [-0.15, -0.1) is 0 Å². The summed E-state index contributed by atoms with van der Waals surface area (Å²) in [6.45, 7) is 7.27. The highest BCUT2D eigenvalue weighted by Gasteiger charge is 2.34. The van der Waals surface area contributed by atoms with E-state index in [1.165, 1.54) is 6.42 Å². The summed E-state index contributed by atoms with van der Waals surface area (Å²) in [5.41, 5.74) is 0. The molecule has 0 radical (unpaired) electrons. The summed E-state index contributed by atoms with van der Waals surface area (Å²) >= 11 is 0. The van der Waals surface area contributed by atoms with Crippen molar-refractivity contribution in [2.75, 3.05) is 19.6 Å². The molecule has 0 bridgehead atoms. The topological polar surface area (TPSA) is 32.3 Å². The van der Waals surface area contributed by atoms with Gasteiger partial charge in [0.25, 0.3) is 0 Å². The molecule has 80 valence electrons. The van der Waals surface area contributed by atoms with E-state index in [0.717, 1.165) is 26.1 Å². The molecule has 0 aromatic carbocycles. The lowest BCUT2D eigenvalue weighted by molar-refractivity contribution is -0.135. The third-order valence-electron chi connectivity index (χ3n) is 3.48. The first-order valence-corrected chi connectivity index (χ1v) is 5.69. The fraction of sp³-hybridized carbons (Fsp3) is 0.909. The van der Waals surface area contributed by atoms with Gasteiger partial charge in [-0.3, -0.25) is 4.79 Å². The molecule has 1 N–H and O–H groups in total. The fourth-order valence-electron chi connectivity index (χ4n) is 2.71. The van der Waals surface area contributed by atoms with E-state index < -0.39 is 0 Å². The molecular weight excluding hydrogens is 176 g/mol. The normalized spacial score (nSPS) is 37.9. The van der Waals surface area contributed by atoms with Gasteiger partial charge in [-0.25, -0.2) is 0 Å². The average molecular weight is 196 g/mol. The van der Waals surface area contributed by atoms with E-state index >= 15 is 0 Å². The lowest BCUT2D eigenvalue weighted by Gasteiger charge is -2.24. The summed E-state index contributed by atoms with van der Waals surface area (Å²) < 4.78 is 0. The van der Waals surface area contributed by atoms with Crippen LogP contribution >= 0.6 is 0 Å². The monoisotopic (exact) mass is 196 g/mol. The van der Waals surface area contributed by atoms with E-state index in [0.29, 0.717) is 17.9 Å². The second-order valence-corrected chi connectivity index (χ2v) is 4.87. The molecule has 2 unspecified atom stereocenters. The van der Waals surface area contributed by atoms with E-state index in [4.69, 9.17) is 0 Å². The molecule has 2 saturated heterocycles. The molecule has 2 aliphatic rings. The van der Waals surface area contributed by atoms with Crippen LogP contribution in [0.2, 0.25) is 0 Å². The maximum absolute atomic E-state index is 12.1. The molecule has 0 saturated carbocycles. The Bertz CT molecular complexity index is 223. The second-order valence-electron chi connectivity index (χ2n) is 4.87. The van der Waals surface area contributed by atoms with Crippen molar-refractivity contribution in [3.8, 4) is 0 Å². The Balaban J connectivity index is 1.96. The molecule has 2 fully saturated rings. The largest absolute Gasteiger partial charge is 0.339 e. The van der Waals surface area contributed by atoms with E-state index in [2.05, 4.69) is 24.1 Å². The zero-order valence-electron chi connectivity index (χ0n) is 9.12. The number of carbonyl (C=O) groups excluding carboxylic acids is 1. The second kappa shape index (κ2) is 3.89. The summed E-state index contributed by atoms with van der Waals surface area (Å²) in [6, 6.07) is 0.457. The summed E-state index contributed by atoms with van der Waals surface area (Å²) in [5, 5.41) is 3.26. The molecule has 1 amide bonds. The molecule has 2 aliphatic heterocycles. The predicted octanol–water partition coefficient (Wildman–Crippen LogP) is 0.853. The SMILES string of the molecule is CC1CC(C)N(C(=O)[C@@H]2CCNC2)C1. The van der Waals surface area contributed by atoms with Crippen LogP contribution in [0.5, 0.6) is 0 Å². The van der Waals surface area contributed by atoms with Crippen molar-refractivity contribution in [1.29, 1.82) is 0 Å². The predicted molar refractivity (Wildman–Crippen MR) is 55.9 cm³/mol. The van der Waals surface area contributed by atoms with Crippen LogP contribution in [-0.4, -0.2) is 36.5 Å². The van der Waals surface area contributed by atoms with Gasteiger partial charge in [0, 0.05) is 19.1 Å². The van der Waals surface area contributed by atoms with E-state index in [1.807, 2.05) is 0 Å². The smallest absolute Gasteiger partial charge is 0.227 e. The Morgan fingerprint density at radius 1 is 1.43 bits per heavy atom. The summed E-state index contributed by atoms with van der Waals surface area (Å²) in [5.74, 6) is 1.32. The van der Waals surface area contributed by atoms with Gasteiger partial charge in [-0.1, -0.05) is 6.92 Å². The van der Waals surface area contributed by atoms with Gasteiger partial charge >= 0.3 is 0 Å². The first kappa shape index (κ1) is 9.97. The number of carbonyl (C=O) groups is 1. The van der Waals surface area contributed by atoms with Gasteiger partial charge in [0.15, 0.2) is 0 Å². The zero-order chi connectivity index (χ0) is 10.1. The Morgan fingerprint density at radius 3 is 2.71 bits per heavy atom. The van der Waals surface area contributed by atoms with Gasteiger partial charge in [-0.05, 0) is 32.2 Å². The van der Waals surface area contributed by atoms with Crippen molar-refractivity contribution in [1.82, 2.24) is 10.2 Å². The average Bonchev–Trinajstić information content (AvgIpc) is 2.73. The summed E-state index contributed by atoms with van der Waals surface area (Å²) in [7, 11) is 0. The van der Waals surface area contributed by atoms with E-state index in [9.17, 15) is 4.79 Å². The van der Waals surface area contributed by atoms with Crippen LogP contribution in [0.25, 0.3) is 0 Å². The minimum atomic E-state index is 0.253. The van der Waals surface area contributed by atoms with Crippen molar-refractivity contribution < 1.29 is 4.79 Å². The highest BCUT2D eigenvalue weighted by Crippen LogP contribution is 2.25. The van der Waals surface area contributed by atoms with Gasteiger partial charge in [0.2, 0.25) is 5.91 Å². The van der Waals surface area contributed by atoms with Crippen molar-refractivity contribution in [3.63, 3.8) is 0 Å². The van der Waals surface area contributed by atoms with Gasteiger partial charge in [-0.2, -0.15) is 0 Å². The maximum Gasteiger partial charge on any atom is 0.227 e. The summed E-state index contributed by atoms with van der Waals surface area (Å²) in [4.78, 5) is 14.2. The molecule has 14 heavy (non-hydrogen) atoms. The number of likely N-dealkylation sites (tertiary alicyclic amines) is 1. The number of nitrogens with zero attached hydrogens (tertiary/aromatic N) is 1. The molecule has 3 heteroatoms. The van der Waals surface area contributed by atoms with Crippen molar-refractivity contribution in [2.24, 2.45) is 11.8 Å². The molecule has 2 heterocycles. The zero-order valence-corrected chi connectivity index (χ0v) is 9.12. The Morgan fingerprint density at radius 2 is 2.21 bits per heavy atom. The third-order valence-corrected chi connectivity index (χ3v) is 3.48. The lowest BCUT2D eigenvalue weighted by atomic mass is 10.1. The highest BCUT2D eigenvalue weighted by atomic mass is 16.2. The fourth-order valence-corrected chi connectivity index (χ4v) is 2.71. The molecule has 3 nitrogen and oxygen atoms in total. The third kappa shape index (κ3) is 1.78. The minimum absolute atomic E-state index is 0.253. The van der Waals surface area contributed by atoms with Gasteiger partial charge in [0.1, 0.15) is 0 Å². The first-order valence-electron chi connectivity index (χ1n) is 5.69. The molecular formula is C11H20N2O. The van der Waals surface area contributed by atoms with Gasteiger partial charge in [0.05, 0.1) is 5.92 Å². The minimum Gasteiger partial charge on any atom is -0.339 e. The molecule has 0 spiro atoms. The van der Waals surface area contributed by atoms with Crippen molar-refractivity contribution in [2.45, 2.75) is 32.7 Å². The Kier molecular flexibility index (Phi) is 2.77. The Labute approximate surface area is 85.8 Å². The number of nitrogens with one attached hydrogen (secondary N) is 1.